The Balaban J connectivity index is 1.52. The van der Waals surface area contributed by atoms with Crippen LogP contribution in [-0.4, -0.2) is 11.1 Å². The van der Waals surface area contributed by atoms with E-state index in [4.69, 9.17) is 0 Å². The minimum atomic E-state index is -0.882. The summed E-state index contributed by atoms with van der Waals surface area (Å²) in [6, 6.07) is 33.9. The molecule has 0 amide bonds. The third kappa shape index (κ3) is 2.73. The average molecular weight is 442 g/mol. The Bertz CT molecular complexity index is 1570. The van der Waals surface area contributed by atoms with Gasteiger partial charge in [0.1, 0.15) is 0 Å². The van der Waals surface area contributed by atoms with Gasteiger partial charge in [0, 0.05) is 11.6 Å². The van der Waals surface area contributed by atoms with E-state index in [1.165, 1.54) is 38.2 Å². The first kappa shape index (κ1) is 19.4. The van der Waals surface area contributed by atoms with Gasteiger partial charge in [0.2, 0.25) is 0 Å². The van der Waals surface area contributed by atoms with Gasteiger partial charge in [-0.05, 0) is 80.4 Å². The van der Waals surface area contributed by atoms with E-state index < -0.39 is 5.97 Å². The highest BCUT2D eigenvalue weighted by Gasteiger charge is 2.44. The summed E-state index contributed by atoms with van der Waals surface area (Å²) < 4.78 is 0. The number of nitrogens with one attached hydrogen (secondary N) is 1. The fourth-order valence-corrected chi connectivity index (χ4v) is 6.36. The van der Waals surface area contributed by atoms with E-state index in [-0.39, 0.29) is 12.0 Å². The van der Waals surface area contributed by atoms with Gasteiger partial charge >= 0.3 is 5.97 Å². The van der Waals surface area contributed by atoms with E-state index in [2.05, 4.69) is 84.2 Å². The number of anilines is 1. The topological polar surface area (TPSA) is 49.3 Å². The van der Waals surface area contributed by atoms with E-state index in [0.29, 0.717) is 11.5 Å². The smallest absolute Gasteiger partial charge is 0.335 e. The van der Waals surface area contributed by atoms with Gasteiger partial charge in [0.05, 0.1) is 11.6 Å². The van der Waals surface area contributed by atoms with Crippen molar-refractivity contribution in [2.45, 2.75) is 18.4 Å². The van der Waals surface area contributed by atoms with Crippen molar-refractivity contribution in [3.8, 4) is 0 Å². The zero-order valence-corrected chi connectivity index (χ0v) is 18.5. The van der Waals surface area contributed by atoms with E-state index in [0.717, 1.165) is 17.7 Å². The Morgan fingerprint density at radius 3 is 2.18 bits per heavy atom. The van der Waals surface area contributed by atoms with Crippen molar-refractivity contribution >= 4 is 33.2 Å². The normalized spacial score (nSPS) is 20.4. The van der Waals surface area contributed by atoms with Gasteiger partial charge in [0.25, 0.3) is 0 Å². The van der Waals surface area contributed by atoms with Crippen LogP contribution in [-0.2, 0) is 6.42 Å². The molecule has 3 atom stereocenters. The fraction of sp³-hybridized carbons (Fsp3) is 0.129. The highest BCUT2D eigenvalue weighted by atomic mass is 16.4. The second-order valence-electron chi connectivity index (χ2n) is 9.51. The number of carboxylic acid groups (broad SMARTS) is 1. The van der Waals surface area contributed by atoms with Gasteiger partial charge in [-0.2, -0.15) is 0 Å². The van der Waals surface area contributed by atoms with Crippen LogP contribution in [0.3, 0.4) is 0 Å². The number of benzene rings is 5. The van der Waals surface area contributed by atoms with Crippen LogP contribution in [0.1, 0.15) is 44.6 Å². The van der Waals surface area contributed by atoms with E-state index >= 15 is 0 Å². The number of carbonyl (C=O) groups is 1. The first-order valence-corrected chi connectivity index (χ1v) is 11.8. The molecule has 1 aliphatic heterocycles. The minimum absolute atomic E-state index is 0.108. The monoisotopic (exact) mass is 441 g/mol. The molecule has 0 bridgehead atoms. The molecule has 34 heavy (non-hydrogen) atoms. The standard InChI is InChI=1S/C31H23NO2/c33-31(34)21-13-14-27-25(17-21)28-22-10-4-3-9-20(22)16-26(28)30(32-27)29-23-11-5-1-7-18(23)15-19-8-2-6-12-24(19)29/h1-15,17,26,28,30,32H,16H2,(H,33,34)/t26-,28-,30+/m0/s1. The third-order valence-electron chi connectivity index (χ3n) is 7.77. The summed E-state index contributed by atoms with van der Waals surface area (Å²) in [4.78, 5) is 11.8. The molecule has 0 aromatic heterocycles. The van der Waals surface area contributed by atoms with Crippen molar-refractivity contribution in [2.24, 2.45) is 5.92 Å². The zero-order valence-electron chi connectivity index (χ0n) is 18.5. The Kier molecular flexibility index (Phi) is 4.10. The van der Waals surface area contributed by atoms with Crippen LogP contribution in [0.2, 0.25) is 0 Å². The molecule has 0 saturated heterocycles. The number of hydrogen-bond donors (Lipinski definition) is 2. The molecule has 3 heteroatoms. The Labute approximate surface area is 197 Å². The Morgan fingerprint density at radius 2 is 1.44 bits per heavy atom. The zero-order chi connectivity index (χ0) is 22.8. The van der Waals surface area contributed by atoms with Crippen LogP contribution >= 0.6 is 0 Å². The molecular formula is C31H23NO2. The number of aromatic carboxylic acids is 1. The molecule has 0 spiro atoms. The first-order chi connectivity index (χ1) is 16.7. The van der Waals surface area contributed by atoms with Gasteiger partial charge < -0.3 is 10.4 Å². The second-order valence-corrected chi connectivity index (χ2v) is 9.51. The van der Waals surface area contributed by atoms with Crippen LogP contribution in [0.15, 0.2) is 97.1 Å². The van der Waals surface area contributed by atoms with E-state index in [9.17, 15) is 9.90 Å². The fourth-order valence-electron chi connectivity index (χ4n) is 6.36. The molecule has 0 fully saturated rings. The second kappa shape index (κ2) is 7.19. The van der Waals surface area contributed by atoms with Crippen LogP contribution in [0.4, 0.5) is 5.69 Å². The van der Waals surface area contributed by atoms with Gasteiger partial charge in [-0.3, -0.25) is 0 Å². The van der Waals surface area contributed by atoms with Crippen LogP contribution < -0.4 is 5.32 Å². The quantitative estimate of drug-likeness (QED) is 0.286. The maximum absolute atomic E-state index is 11.8. The molecule has 0 radical (unpaired) electrons. The number of fused-ring (bicyclic) bond motifs is 7. The lowest BCUT2D eigenvalue weighted by molar-refractivity contribution is 0.0696. The molecular weight excluding hydrogens is 418 g/mol. The van der Waals surface area contributed by atoms with Crippen molar-refractivity contribution in [1.82, 2.24) is 0 Å². The lowest BCUT2D eigenvalue weighted by Gasteiger charge is -2.39. The van der Waals surface area contributed by atoms with Crippen molar-refractivity contribution in [2.75, 3.05) is 5.32 Å². The van der Waals surface area contributed by atoms with Crippen LogP contribution in [0, 0.1) is 5.92 Å². The summed E-state index contributed by atoms with van der Waals surface area (Å²) in [5.41, 5.74) is 6.50. The lowest BCUT2D eigenvalue weighted by atomic mass is 9.73. The van der Waals surface area contributed by atoms with Crippen molar-refractivity contribution in [3.05, 3.63) is 125 Å². The molecule has 3 nitrogen and oxygen atoms in total. The van der Waals surface area contributed by atoms with Gasteiger partial charge in [-0.15, -0.1) is 0 Å². The van der Waals surface area contributed by atoms with Gasteiger partial charge in [0.15, 0.2) is 0 Å². The average Bonchev–Trinajstić information content (AvgIpc) is 3.26. The lowest BCUT2D eigenvalue weighted by Crippen LogP contribution is -2.31. The molecule has 2 aliphatic rings. The van der Waals surface area contributed by atoms with E-state index in [1.54, 1.807) is 6.07 Å². The molecule has 1 heterocycles. The minimum Gasteiger partial charge on any atom is -0.478 e. The Hall–Kier alpha value is -4.11. The molecule has 0 unspecified atom stereocenters. The Morgan fingerprint density at radius 1 is 0.765 bits per heavy atom. The molecule has 1 aliphatic carbocycles. The summed E-state index contributed by atoms with van der Waals surface area (Å²) >= 11 is 0. The van der Waals surface area contributed by atoms with Crippen LogP contribution in [0.5, 0.6) is 0 Å². The summed E-state index contributed by atoms with van der Waals surface area (Å²) in [5, 5.41) is 18.6. The highest BCUT2D eigenvalue weighted by Crippen LogP contribution is 2.55. The van der Waals surface area contributed by atoms with Crippen molar-refractivity contribution < 1.29 is 9.90 Å². The van der Waals surface area contributed by atoms with Crippen molar-refractivity contribution in [1.29, 1.82) is 0 Å². The predicted molar refractivity (Wildman–Crippen MR) is 137 cm³/mol. The van der Waals surface area contributed by atoms with Gasteiger partial charge in [-0.25, -0.2) is 4.79 Å². The van der Waals surface area contributed by atoms with Gasteiger partial charge in [-0.1, -0.05) is 72.8 Å². The molecule has 0 saturated carbocycles. The predicted octanol–water partition coefficient (Wildman–Crippen LogP) is 7.16. The third-order valence-corrected chi connectivity index (χ3v) is 7.77. The number of carboxylic acids is 1. The number of rotatable bonds is 2. The number of hydrogen-bond acceptors (Lipinski definition) is 2. The highest BCUT2D eigenvalue weighted by molar-refractivity contribution is 6.03. The molecule has 2 N–H and O–H groups in total. The summed E-state index contributed by atoms with van der Waals surface area (Å²) in [6.45, 7) is 0. The molecule has 5 aromatic carbocycles. The molecule has 164 valence electrons. The van der Waals surface area contributed by atoms with Crippen molar-refractivity contribution in [3.63, 3.8) is 0 Å². The van der Waals surface area contributed by atoms with E-state index in [1.807, 2.05) is 12.1 Å². The maximum atomic E-state index is 11.8. The maximum Gasteiger partial charge on any atom is 0.335 e. The summed E-state index contributed by atoms with van der Waals surface area (Å²) in [6.07, 6.45) is 0.965. The largest absolute Gasteiger partial charge is 0.478 e. The first-order valence-electron chi connectivity index (χ1n) is 11.8. The summed E-state index contributed by atoms with van der Waals surface area (Å²) in [5.74, 6) is -0.426. The summed E-state index contributed by atoms with van der Waals surface area (Å²) in [7, 11) is 0. The molecule has 7 rings (SSSR count). The molecule has 5 aromatic rings. The van der Waals surface area contributed by atoms with Crippen LogP contribution in [0.25, 0.3) is 21.5 Å². The SMILES string of the molecule is O=C(O)c1ccc2c(c1)[C@@H]1c3ccccc3C[C@@H]1[C@H](c1c3ccccc3cc3ccccc13)N2.